The molecule has 0 saturated heterocycles. The van der Waals surface area contributed by atoms with Crippen molar-refractivity contribution >= 4 is 84.8 Å². The number of rotatable bonds is 3. The van der Waals surface area contributed by atoms with Gasteiger partial charge in [-0.2, -0.15) is 10.5 Å². The largest absolute Gasteiger partial charge is 0.304 e. The van der Waals surface area contributed by atoms with E-state index in [1.807, 2.05) is 60.7 Å². The lowest BCUT2D eigenvalue weighted by Gasteiger charge is -2.21. The second kappa shape index (κ2) is 10.9. The molecule has 0 bridgehead atoms. The molecule has 0 N–H and O–H groups in total. The monoisotopic (exact) mass is 675 g/mol. The van der Waals surface area contributed by atoms with Crippen LogP contribution in [0.4, 0.5) is 4.39 Å². The second-order valence-corrected chi connectivity index (χ2v) is 14.4. The number of nitriles is 2. The number of hydrogen-bond donors (Lipinski definition) is 0. The molecule has 6 heteroatoms. The van der Waals surface area contributed by atoms with Crippen molar-refractivity contribution in [2.75, 3.05) is 0 Å². The van der Waals surface area contributed by atoms with Crippen LogP contribution >= 0.6 is 22.7 Å². The van der Waals surface area contributed by atoms with E-state index in [0.717, 1.165) is 62.2 Å². The fourth-order valence-electron chi connectivity index (χ4n) is 7.67. The highest BCUT2D eigenvalue weighted by atomic mass is 32.1. The average molecular weight is 676 g/mol. The van der Waals surface area contributed by atoms with Gasteiger partial charge < -0.3 is 4.57 Å². The topological polar surface area (TPSA) is 52.5 Å². The molecule has 50 heavy (non-hydrogen) atoms. The lowest BCUT2D eigenvalue weighted by molar-refractivity contribution is 0.627. The van der Waals surface area contributed by atoms with E-state index < -0.39 is 5.82 Å². The molecule has 0 saturated carbocycles. The van der Waals surface area contributed by atoms with E-state index in [2.05, 4.69) is 89.5 Å². The molecule has 7 aromatic carbocycles. The van der Waals surface area contributed by atoms with Crippen LogP contribution in [0.3, 0.4) is 0 Å². The van der Waals surface area contributed by atoms with Crippen LogP contribution in [0, 0.1) is 28.5 Å². The zero-order chi connectivity index (χ0) is 33.5. The maximum Gasteiger partial charge on any atom is 0.151 e. The van der Waals surface area contributed by atoms with Crippen LogP contribution in [0.25, 0.3) is 90.1 Å². The lowest BCUT2D eigenvalue weighted by atomic mass is 9.88. The minimum atomic E-state index is -0.645. The van der Waals surface area contributed by atoms with Crippen LogP contribution in [0.5, 0.6) is 0 Å². The van der Waals surface area contributed by atoms with Crippen molar-refractivity contribution in [2.24, 2.45) is 0 Å². The van der Waals surface area contributed by atoms with Gasteiger partial charge in [-0.1, -0.05) is 121 Å². The summed E-state index contributed by atoms with van der Waals surface area (Å²) in [5, 5.41) is 28.4. The van der Waals surface area contributed by atoms with Crippen LogP contribution in [-0.4, -0.2) is 4.57 Å². The molecule has 3 aromatic heterocycles. The van der Waals surface area contributed by atoms with E-state index in [1.54, 1.807) is 22.7 Å². The third-order valence-electron chi connectivity index (χ3n) is 9.76. The second-order valence-electron chi connectivity index (χ2n) is 12.3. The van der Waals surface area contributed by atoms with Gasteiger partial charge in [0.1, 0.15) is 12.1 Å². The van der Waals surface area contributed by atoms with Crippen molar-refractivity contribution in [1.82, 2.24) is 4.57 Å². The first kappa shape index (κ1) is 28.7. The van der Waals surface area contributed by atoms with Crippen LogP contribution in [-0.2, 0) is 0 Å². The highest BCUT2D eigenvalue weighted by molar-refractivity contribution is 7.27. The van der Waals surface area contributed by atoms with E-state index in [4.69, 9.17) is 0 Å². The van der Waals surface area contributed by atoms with E-state index >= 15 is 4.39 Å². The molecule has 232 valence electrons. The van der Waals surface area contributed by atoms with Gasteiger partial charge in [-0.3, -0.25) is 0 Å². The highest BCUT2D eigenvalue weighted by Gasteiger charge is 2.31. The van der Waals surface area contributed by atoms with Crippen molar-refractivity contribution in [3.05, 3.63) is 150 Å². The van der Waals surface area contributed by atoms with Crippen LogP contribution in [0.15, 0.2) is 133 Å². The molecule has 3 heterocycles. The molecule has 0 amide bonds. The summed E-state index contributed by atoms with van der Waals surface area (Å²) >= 11 is 3.41. The van der Waals surface area contributed by atoms with Gasteiger partial charge in [-0.15, -0.1) is 22.7 Å². The Labute approximate surface area is 293 Å². The first-order valence-corrected chi connectivity index (χ1v) is 17.8. The van der Waals surface area contributed by atoms with Gasteiger partial charge in [0.15, 0.2) is 5.82 Å². The summed E-state index contributed by atoms with van der Waals surface area (Å²) in [5.41, 5.74) is 4.11. The summed E-state index contributed by atoms with van der Waals surface area (Å²) in [5.74, 6) is -0.645. The summed E-state index contributed by atoms with van der Waals surface area (Å²) in [6, 6.07) is 48.7. The van der Waals surface area contributed by atoms with Crippen molar-refractivity contribution in [3.8, 4) is 40.1 Å². The van der Waals surface area contributed by atoms with Gasteiger partial charge in [0.25, 0.3) is 0 Å². The van der Waals surface area contributed by atoms with Crippen molar-refractivity contribution < 1.29 is 4.39 Å². The number of benzene rings is 7. The van der Waals surface area contributed by atoms with Crippen LogP contribution < -0.4 is 0 Å². The first-order valence-electron chi connectivity index (χ1n) is 16.2. The van der Waals surface area contributed by atoms with Gasteiger partial charge in [0.05, 0.1) is 37.2 Å². The molecule has 3 nitrogen and oxygen atoms in total. The number of halogens is 1. The minimum Gasteiger partial charge on any atom is -0.304 e. The SMILES string of the molecule is N#Cc1c(F)c(-c2ccccc2)c(-n2c3c(ccc4c5ccccc5sc43)c3ccc4c5ccccc5sc4c32)c(C#N)c1-c1ccccc1. The van der Waals surface area contributed by atoms with Crippen LogP contribution in [0.2, 0.25) is 0 Å². The van der Waals surface area contributed by atoms with E-state index in [-0.39, 0.29) is 16.7 Å². The molecule has 0 fully saturated rings. The molecule has 10 aromatic rings. The highest BCUT2D eigenvalue weighted by Crippen LogP contribution is 2.50. The van der Waals surface area contributed by atoms with Gasteiger partial charge in [-0.25, -0.2) is 4.39 Å². The Morgan fingerprint density at radius 3 is 1.40 bits per heavy atom. The standard InChI is InChI=1S/C44H22FN3S2/c45-39-33(23-46)37(25-11-3-1-4-12-25)34(24-47)40(38(39)26-13-5-2-6-14-26)48-41-29(19-21-31-27-15-7-9-17-35(27)49-43(31)41)30-20-22-32-28-16-8-10-18-36(28)50-44(32)42(30)48/h1-22H. The quantitative estimate of drug-likeness (QED) is 0.187. The summed E-state index contributed by atoms with van der Waals surface area (Å²) in [6.07, 6.45) is 0. The molecule has 0 atom stereocenters. The normalized spacial score (nSPS) is 11.7. The zero-order valence-electron chi connectivity index (χ0n) is 26.2. The van der Waals surface area contributed by atoms with Gasteiger partial charge in [-0.05, 0) is 23.3 Å². The molecule has 0 spiro atoms. The van der Waals surface area contributed by atoms with E-state index in [1.165, 1.54) is 0 Å². The third-order valence-corrected chi connectivity index (χ3v) is 12.2. The number of hydrogen-bond acceptors (Lipinski definition) is 4. The molecular formula is C44H22FN3S2. The van der Waals surface area contributed by atoms with Gasteiger partial charge in [0, 0.05) is 52.8 Å². The Kier molecular flexibility index (Phi) is 6.22. The zero-order valence-corrected chi connectivity index (χ0v) is 27.9. The fourth-order valence-corrected chi connectivity index (χ4v) is 10.2. The Morgan fingerprint density at radius 1 is 0.460 bits per heavy atom. The van der Waals surface area contributed by atoms with Crippen molar-refractivity contribution in [3.63, 3.8) is 0 Å². The third kappa shape index (κ3) is 3.86. The number of aromatic nitrogens is 1. The number of thiophene rings is 2. The Hall–Kier alpha value is -6.31. The van der Waals surface area contributed by atoms with E-state index in [0.29, 0.717) is 22.4 Å². The maximum atomic E-state index is 17.5. The van der Waals surface area contributed by atoms with Gasteiger partial charge >= 0.3 is 0 Å². The first-order chi connectivity index (χ1) is 24.7. The summed E-state index contributed by atoms with van der Waals surface area (Å²) < 4.78 is 24.1. The number of nitrogens with zero attached hydrogens (tertiary/aromatic N) is 3. The van der Waals surface area contributed by atoms with E-state index in [9.17, 15) is 10.5 Å². The summed E-state index contributed by atoms with van der Waals surface area (Å²) in [7, 11) is 0. The maximum absolute atomic E-state index is 17.5. The Morgan fingerprint density at radius 2 is 0.900 bits per heavy atom. The molecule has 10 rings (SSSR count). The number of fused-ring (bicyclic) bond motifs is 11. The molecule has 0 aliphatic heterocycles. The molecule has 0 unspecified atom stereocenters. The van der Waals surface area contributed by atoms with Gasteiger partial charge in [0.2, 0.25) is 0 Å². The molecule has 0 radical (unpaired) electrons. The fraction of sp³-hybridized carbons (Fsp3) is 0. The lowest BCUT2D eigenvalue weighted by Crippen LogP contribution is -2.08. The smallest absolute Gasteiger partial charge is 0.151 e. The van der Waals surface area contributed by atoms with Crippen LogP contribution in [0.1, 0.15) is 11.1 Å². The summed E-state index contributed by atoms with van der Waals surface area (Å²) in [4.78, 5) is 0. The Balaban J connectivity index is 1.54. The molecule has 0 aliphatic rings. The average Bonchev–Trinajstić information content (AvgIpc) is 3.84. The van der Waals surface area contributed by atoms with Crippen molar-refractivity contribution in [2.45, 2.75) is 0 Å². The molecular weight excluding hydrogens is 654 g/mol. The molecule has 0 aliphatic carbocycles. The summed E-state index contributed by atoms with van der Waals surface area (Å²) in [6.45, 7) is 0. The predicted molar refractivity (Wildman–Crippen MR) is 207 cm³/mol. The Bertz CT molecular complexity index is 2990. The predicted octanol–water partition coefficient (Wildman–Crippen LogP) is 12.7. The van der Waals surface area contributed by atoms with Crippen molar-refractivity contribution in [1.29, 1.82) is 10.5 Å². The minimum absolute atomic E-state index is 0.143.